The third kappa shape index (κ3) is 3.67. The fourth-order valence-corrected chi connectivity index (χ4v) is 2.65. The van der Waals surface area contributed by atoms with Crippen LogP contribution in [-0.4, -0.2) is 33.9 Å². The van der Waals surface area contributed by atoms with Crippen LogP contribution in [0.1, 0.15) is 30.3 Å². The second kappa shape index (κ2) is 6.90. The number of amides is 1. The highest BCUT2D eigenvalue weighted by Crippen LogP contribution is 2.21. The molecule has 0 atom stereocenters. The first-order chi connectivity index (χ1) is 11.5. The lowest BCUT2D eigenvalue weighted by Crippen LogP contribution is -2.38. The maximum atomic E-state index is 13.7. The van der Waals surface area contributed by atoms with Crippen molar-refractivity contribution in [1.82, 2.24) is 14.9 Å². The fourth-order valence-electron chi connectivity index (χ4n) is 2.65. The van der Waals surface area contributed by atoms with Gasteiger partial charge in [0.1, 0.15) is 29.5 Å². The molecule has 1 aromatic heterocycles. The number of hydrogen-bond acceptors (Lipinski definition) is 4. The number of nitrogens with zero attached hydrogens (tertiary/aromatic N) is 3. The number of nitrogens with one attached hydrogen (secondary N) is 1. The van der Waals surface area contributed by atoms with E-state index < -0.39 is 11.6 Å². The normalized spacial score (nSPS) is 15.4. The summed E-state index contributed by atoms with van der Waals surface area (Å²) in [7, 11) is 0. The highest BCUT2D eigenvalue weighted by atomic mass is 19.1. The number of rotatable bonds is 3. The van der Waals surface area contributed by atoms with Crippen molar-refractivity contribution in [3.8, 4) is 0 Å². The molecule has 2 aromatic rings. The number of piperidine rings is 1. The van der Waals surface area contributed by atoms with Gasteiger partial charge in [0.2, 0.25) is 0 Å². The topological polar surface area (TPSA) is 58.1 Å². The molecule has 1 fully saturated rings. The molecule has 0 bridgehead atoms. The Labute approximate surface area is 138 Å². The monoisotopic (exact) mass is 332 g/mol. The molecule has 0 saturated carbocycles. The van der Waals surface area contributed by atoms with Crippen LogP contribution in [0.3, 0.4) is 0 Å². The first-order valence-corrected chi connectivity index (χ1v) is 7.86. The van der Waals surface area contributed by atoms with Crippen LogP contribution in [0.15, 0.2) is 30.6 Å². The summed E-state index contributed by atoms with van der Waals surface area (Å²) in [5.41, 5.74) is 0.338. The van der Waals surface area contributed by atoms with Crippen LogP contribution in [0, 0.1) is 17.6 Å². The van der Waals surface area contributed by atoms with Crippen molar-refractivity contribution in [3.63, 3.8) is 0 Å². The van der Waals surface area contributed by atoms with Crippen molar-refractivity contribution >= 4 is 17.4 Å². The maximum Gasteiger partial charge on any atom is 0.272 e. The highest BCUT2D eigenvalue weighted by molar-refractivity contribution is 5.93. The van der Waals surface area contributed by atoms with E-state index in [1.807, 2.05) is 0 Å². The molecule has 3 rings (SSSR count). The van der Waals surface area contributed by atoms with Crippen LogP contribution in [0.2, 0.25) is 0 Å². The molecule has 1 amide bonds. The summed E-state index contributed by atoms with van der Waals surface area (Å²) in [6.07, 6.45) is 3.20. The predicted octanol–water partition coefficient (Wildman–Crippen LogP) is 3.37. The van der Waals surface area contributed by atoms with Gasteiger partial charge in [-0.2, -0.15) is 0 Å². The molecule has 7 heteroatoms. The number of anilines is 2. The smallest absolute Gasteiger partial charge is 0.272 e. The van der Waals surface area contributed by atoms with Crippen LogP contribution in [0.5, 0.6) is 0 Å². The summed E-state index contributed by atoms with van der Waals surface area (Å²) >= 11 is 0. The van der Waals surface area contributed by atoms with Gasteiger partial charge in [-0.25, -0.2) is 18.7 Å². The van der Waals surface area contributed by atoms with Gasteiger partial charge in [-0.05, 0) is 30.9 Å². The number of carbonyl (C=O) groups excluding carboxylic acids is 1. The molecular formula is C17H18F2N4O. The van der Waals surface area contributed by atoms with Gasteiger partial charge in [-0.1, -0.05) is 6.92 Å². The summed E-state index contributed by atoms with van der Waals surface area (Å²) in [5, 5.41) is 2.74. The van der Waals surface area contributed by atoms with E-state index in [0.29, 0.717) is 19.0 Å². The Morgan fingerprint density at radius 3 is 2.67 bits per heavy atom. The third-order valence-electron chi connectivity index (χ3n) is 4.15. The van der Waals surface area contributed by atoms with Gasteiger partial charge in [0.15, 0.2) is 0 Å². The molecule has 5 nitrogen and oxygen atoms in total. The lowest BCUT2D eigenvalue weighted by atomic mass is 9.99. The van der Waals surface area contributed by atoms with E-state index in [4.69, 9.17) is 0 Å². The summed E-state index contributed by atoms with van der Waals surface area (Å²) < 4.78 is 26.6. The first kappa shape index (κ1) is 16.3. The van der Waals surface area contributed by atoms with Crippen LogP contribution >= 0.6 is 0 Å². The molecule has 1 aliphatic rings. The molecular weight excluding hydrogens is 314 g/mol. The molecule has 1 aliphatic heterocycles. The molecule has 0 unspecified atom stereocenters. The van der Waals surface area contributed by atoms with E-state index in [0.717, 1.165) is 25.0 Å². The fraction of sp³-hybridized carbons (Fsp3) is 0.353. The number of aromatic nitrogens is 2. The molecule has 0 radical (unpaired) electrons. The Hall–Kier alpha value is -2.57. The van der Waals surface area contributed by atoms with Crippen molar-refractivity contribution < 1.29 is 13.6 Å². The van der Waals surface area contributed by atoms with Gasteiger partial charge in [0, 0.05) is 25.2 Å². The molecule has 1 N–H and O–H groups in total. The molecule has 1 saturated heterocycles. The molecule has 0 spiro atoms. The van der Waals surface area contributed by atoms with Crippen molar-refractivity contribution in [1.29, 1.82) is 0 Å². The Morgan fingerprint density at radius 1 is 1.21 bits per heavy atom. The minimum atomic E-state index is -0.730. The van der Waals surface area contributed by atoms with Gasteiger partial charge in [0.05, 0.1) is 5.69 Å². The first-order valence-electron chi connectivity index (χ1n) is 7.86. The van der Waals surface area contributed by atoms with E-state index >= 15 is 0 Å². The van der Waals surface area contributed by atoms with E-state index in [1.165, 1.54) is 18.5 Å². The molecule has 0 aliphatic carbocycles. The molecule has 2 heterocycles. The Morgan fingerprint density at radius 2 is 1.96 bits per heavy atom. The zero-order valence-corrected chi connectivity index (χ0v) is 13.3. The average molecular weight is 332 g/mol. The van der Waals surface area contributed by atoms with E-state index in [-0.39, 0.29) is 23.1 Å². The van der Waals surface area contributed by atoms with E-state index in [2.05, 4.69) is 22.2 Å². The van der Waals surface area contributed by atoms with Gasteiger partial charge in [-0.3, -0.25) is 4.79 Å². The predicted molar refractivity (Wildman–Crippen MR) is 86.0 cm³/mol. The molecule has 1 aromatic carbocycles. The van der Waals surface area contributed by atoms with Gasteiger partial charge in [-0.15, -0.1) is 0 Å². The second-order valence-corrected chi connectivity index (χ2v) is 6.01. The zero-order valence-electron chi connectivity index (χ0n) is 13.3. The maximum absolute atomic E-state index is 13.7. The Bertz CT molecular complexity index is 745. The number of likely N-dealkylation sites (tertiary alicyclic amines) is 1. The molecule has 126 valence electrons. The van der Waals surface area contributed by atoms with Crippen molar-refractivity contribution in [2.75, 3.05) is 18.4 Å². The zero-order chi connectivity index (χ0) is 17.1. The van der Waals surface area contributed by atoms with Crippen LogP contribution in [-0.2, 0) is 0 Å². The van der Waals surface area contributed by atoms with Crippen LogP contribution < -0.4 is 5.32 Å². The quantitative estimate of drug-likeness (QED) is 0.936. The van der Waals surface area contributed by atoms with Crippen molar-refractivity contribution in [2.45, 2.75) is 19.8 Å². The highest BCUT2D eigenvalue weighted by Gasteiger charge is 2.22. The summed E-state index contributed by atoms with van der Waals surface area (Å²) in [4.78, 5) is 22.3. The SMILES string of the molecule is CC1CCN(C(=O)c2cc(Nc3ccc(F)cc3F)ncn2)CC1. The van der Waals surface area contributed by atoms with Crippen molar-refractivity contribution in [3.05, 3.63) is 47.9 Å². The summed E-state index contributed by atoms with van der Waals surface area (Å²) in [6, 6.07) is 4.68. The van der Waals surface area contributed by atoms with Gasteiger partial charge < -0.3 is 10.2 Å². The standard InChI is InChI=1S/C17H18F2N4O/c1-11-4-6-23(7-5-11)17(24)15-9-16(21-10-20-15)22-14-3-2-12(18)8-13(14)19/h2-3,8-11H,4-7H2,1H3,(H,20,21,22). The summed E-state index contributed by atoms with van der Waals surface area (Å²) in [6.45, 7) is 3.59. The lowest BCUT2D eigenvalue weighted by Gasteiger charge is -2.30. The van der Waals surface area contributed by atoms with E-state index in [9.17, 15) is 13.6 Å². The summed E-state index contributed by atoms with van der Waals surface area (Å²) in [5.74, 6) is -0.642. The van der Waals surface area contributed by atoms with Crippen LogP contribution in [0.4, 0.5) is 20.3 Å². The van der Waals surface area contributed by atoms with Gasteiger partial charge >= 0.3 is 0 Å². The number of hydrogen-bond donors (Lipinski definition) is 1. The second-order valence-electron chi connectivity index (χ2n) is 6.01. The minimum Gasteiger partial charge on any atom is -0.338 e. The average Bonchev–Trinajstić information content (AvgIpc) is 2.58. The van der Waals surface area contributed by atoms with Crippen LogP contribution in [0.25, 0.3) is 0 Å². The number of carbonyl (C=O) groups is 1. The largest absolute Gasteiger partial charge is 0.338 e. The third-order valence-corrected chi connectivity index (χ3v) is 4.15. The molecule has 24 heavy (non-hydrogen) atoms. The van der Waals surface area contributed by atoms with E-state index in [1.54, 1.807) is 4.90 Å². The lowest BCUT2D eigenvalue weighted by molar-refractivity contribution is 0.0691. The number of benzene rings is 1. The Balaban J connectivity index is 1.75. The van der Waals surface area contributed by atoms with Gasteiger partial charge in [0.25, 0.3) is 5.91 Å². The number of halogens is 2. The Kier molecular flexibility index (Phi) is 4.69. The minimum absolute atomic E-state index is 0.0836. The van der Waals surface area contributed by atoms with Crippen molar-refractivity contribution in [2.24, 2.45) is 5.92 Å².